The van der Waals surface area contributed by atoms with Gasteiger partial charge in [0.05, 0.1) is 39.5 Å². The third-order valence-electron chi connectivity index (χ3n) is 1.96. The van der Waals surface area contributed by atoms with E-state index in [0.29, 0.717) is 13.2 Å². The molecule has 1 rings (SSSR count). The van der Waals surface area contributed by atoms with E-state index in [0.717, 1.165) is 0 Å². The lowest BCUT2D eigenvalue weighted by atomic mass is 10.4. The predicted octanol–water partition coefficient (Wildman–Crippen LogP) is 0.732. The highest BCUT2D eigenvalue weighted by atomic mass is 19.4. The van der Waals surface area contributed by atoms with E-state index in [4.69, 9.17) is 19.3 Å². The molecule has 0 aliphatic carbocycles. The Kier molecular flexibility index (Phi) is 5.47. The van der Waals surface area contributed by atoms with Gasteiger partial charge in [-0.3, -0.25) is 0 Å². The van der Waals surface area contributed by atoms with Gasteiger partial charge in [0.2, 0.25) is 0 Å². The monoisotopic (exact) mass is 244 g/mol. The number of rotatable bonds is 8. The number of ether oxygens (including phenoxy) is 3. The first-order chi connectivity index (χ1) is 7.51. The fourth-order valence-electron chi connectivity index (χ4n) is 0.964. The summed E-state index contributed by atoms with van der Waals surface area (Å²) in [5.74, 6) is 0. The third-order valence-corrected chi connectivity index (χ3v) is 1.96. The normalized spacial score (nSPS) is 22.1. The summed E-state index contributed by atoms with van der Waals surface area (Å²) in [7, 11) is 0. The van der Waals surface area contributed by atoms with Crippen molar-refractivity contribution in [2.24, 2.45) is 0 Å². The standard InChI is InChI=1S/C9H15F3O4/c10-9(11,12)1-2-14-4-7(3-13)15-5-8-6-16-8/h7-8,13H,1-6H2. The Morgan fingerprint density at radius 1 is 1.44 bits per heavy atom. The van der Waals surface area contributed by atoms with Crippen molar-refractivity contribution in [3.63, 3.8) is 0 Å². The summed E-state index contributed by atoms with van der Waals surface area (Å²) in [6, 6.07) is 0. The minimum Gasteiger partial charge on any atom is -0.394 e. The van der Waals surface area contributed by atoms with E-state index < -0.39 is 25.3 Å². The number of aliphatic hydroxyl groups is 1. The highest BCUT2D eigenvalue weighted by Gasteiger charge is 2.27. The molecule has 16 heavy (non-hydrogen) atoms. The number of alkyl halides is 3. The quantitative estimate of drug-likeness (QED) is 0.505. The maximum atomic E-state index is 11.7. The molecular weight excluding hydrogens is 229 g/mol. The van der Waals surface area contributed by atoms with Gasteiger partial charge in [0.25, 0.3) is 0 Å². The van der Waals surface area contributed by atoms with Crippen LogP contribution in [0, 0.1) is 0 Å². The second-order valence-electron chi connectivity index (χ2n) is 3.53. The molecule has 4 nitrogen and oxygen atoms in total. The van der Waals surface area contributed by atoms with Crippen LogP contribution in [-0.2, 0) is 14.2 Å². The third kappa shape index (κ3) is 7.00. The van der Waals surface area contributed by atoms with Crippen LogP contribution in [0.15, 0.2) is 0 Å². The zero-order chi connectivity index (χ0) is 12.0. The smallest absolute Gasteiger partial charge is 0.391 e. The number of aliphatic hydroxyl groups excluding tert-OH is 1. The van der Waals surface area contributed by atoms with Crippen molar-refractivity contribution >= 4 is 0 Å². The van der Waals surface area contributed by atoms with Crippen LogP contribution < -0.4 is 0 Å². The molecule has 1 aliphatic heterocycles. The largest absolute Gasteiger partial charge is 0.394 e. The summed E-state index contributed by atoms with van der Waals surface area (Å²) in [4.78, 5) is 0. The van der Waals surface area contributed by atoms with Crippen molar-refractivity contribution in [2.75, 3.05) is 33.0 Å². The lowest BCUT2D eigenvalue weighted by molar-refractivity contribution is -0.149. The molecule has 1 heterocycles. The molecular formula is C9H15F3O4. The van der Waals surface area contributed by atoms with Crippen LogP contribution in [0.1, 0.15) is 6.42 Å². The summed E-state index contributed by atoms with van der Waals surface area (Å²) in [5.41, 5.74) is 0. The van der Waals surface area contributed by atoms with Gasteiger partial charge in [0, 0.05) is 0 Å². The molecule has 0 radical (unpaired) electrons. The molecule has 7 heteroatoms. The molecule has 0 amide bonds. The number of halogens is 3. The van der Waals surface area contributed by atoms with Gasteiger partial charge in [-0.05, 0) is 0 Å². The summed E-state index contributed by atoms with van der Waals surface area (Å²) in [6.45, 7) is 0.238. The second-order valence-corrected chi connectivity index (χ2v) is 3.53. The SMILES string of the molecule is OCC(COCCC(F)(F)F)OCC1CO1. The molecule has 1 saturated heterocycles. The Morgan fingerprint density at radius 2 is 2.12 bits per heavy atom. The molecule has 1 aliphatic rings. The van der Waals surface area contributed by atoms with Crippen molar-refractivity contribution in [2.45, 2.75) is 24.8 Å². The van der Waals surface area contributed by atoms with Crippen molar-refractivity contribution in [1.82, 2.24) is 0 Å². The molecule has 0 bridgehead atoms. The average Bonchev–Trinajstić information content (AvgIpc) is 2.99. The van der Waals surface area contributed by atoms with E-state index in [1.807, 2.05) is 0 Å². The molecule has 2 atom stereocenters. The van der Waals surface area contributed by atoms with E-state index >= 15 is 0 Å². The van der Waals surface area contributed by atoms with E-state index in [1.54, 1.807) is 0 Å². The van der Waals surface area contributed by atoms with Gasteiger partial charge in [-0.2, -0.15) is 13.2 Å². The highest BCUT2D eigenvalue weighted by Crippen LogP contribution is 2.19. The van der Waals surface area contributed by atoms with Crippen molar-refractivity contribution in [3.05, 3.63) is 0 Å². The van der Waals surface area contributed by atoms with Crippen molar-refractivity contribution in [3.8, 4) is 0 Å². The molecule has 0 saturated carbocycles. The first kappa shape index (κ1) is 13.7. The number of hydrogen-bond acceptors (Lipinski definition) is 4. The Labute approximate surface area is 91.3 Å². The molecule has 0 aromatic rings. The maximum absolute atomic E-state index is 11.7. The highest BCUT2D eigenvalue weighted by molar-refractivity contribution is 4.69. The van der Waals surface area contributed by atoms with E-state index in [1.165, 1.54) is 0 Å². The summed E-state index contributed by atoms with van der Waals surface area (Å²) in [6.07, 6.45) is -5.73. The minimum absolute atomic E-state index is 0.0424. The fraction of sp³-hybridized carbons (Fsp3) is 1.00. The van der Waals surface area contributed by atoms with Crippen LogP contribution in [0.5, 0.6) is 0 Å². The summed E-state index contributed by atoms with van der Waals surface area (Å²) >= 11 is 0. The van der Waals surface area contributed by atoms with Gasteiger partial charge in [0.1, 0.15) is 12.2 Å². The van der Waals surface area contributed by atoms with Gasteiger partial charge in [0.15, 0.2) is 0 Å². The minimum atomic E-state index is -4.21. The van der Waals surface area contributed by atoms with Gasteiger partial charge in [-0.25, -0.2) is 0 Å². The Hall–Kier alpha value is -0.370. The molecule has 0 spiro atoms. The van der Waals surface area contributed by atoms with Gasteiger partial charge in [-0.15, -0.1) is 0 Å². The molecule has 1 fully saturated rings. The fourth-order valence-corrected chi connectivity index (χ4v) is 0.964. The first-order valence-electron chi connectivity index (χ1n) is 5.00. The molecule has 1 N–H and O–H groups in total. The lowest BCUT2D eigenvalue weighted by Crippen LogP contribution is -2.26. The number of epoxide rings is 1. The molecule has 0 aromatic heterocycles. The van der Waals surface area contributed by atoms with Crippen molar-refractivity contribution < 1.29 is 32.5 Å². The molecule has 2 unspecified atom stereocenters. The maximum Gasteiger partial charge on any atom is 0.391 e. The van der Waals surface area contributed by atoms with Gasteiger partial charge in [-0.1, -0.05) is 0 Å². The Bertz CT molecular complexity index is 194. The van der Waals surface area contributed by atoms with Gasteiger partial charge >= 0.3 is 6.18 Å². The Morgan fingerprint density at radius 3 is 2.62 bits per heavy atom. The summed E-state index contributed by atoms with van der Waals surface area (Å²) in [5, 5.41) is 8.85. The first-order valence-corrected chi connectivity index (χ1v) is 5.00. The van der Waals surface area contributed by atoms with Crippen LogP contribution in [0.3, 0.4) is 0 Å². The van der Waals surface area contributed by atoms with E-state index in [-0.39, 0.29) is 19.3 Å². The van der Waals surface area contributed by atoms with Crippen LogP contribution in [0.2, 0.25) is 0 Å². The second kappa shape index (κ2) is 6.39. The van der Waals surface area contributed by atoms with Gasteiger partial charge < -0.3 is 19.3 Å². The van der Waals surface area contributed by atoms with Crippen LogP contribution in [0.25, 0.3) is 0 Å². The topological polar surface area (TPSA) is 51.2 Å². The van der Waals surface area contributed by atoms with Crippen LogP contribution in [-0.4, -0.2) is 56.5 Å². The molecule has 0 aromatic carbocycles. The van der Waals surface area contributed by atoms with E-state index in [2.05, 4.69) is 0 Å². The summed E-state index contributed by atoms with van der Waals surface area (Å²) < 4.78 is 50.1. The zero-order valence-electron chi connectivity index (χ0n) is 8.70. The lowest BCUT2D eigenvalue weighted by Gasteiger charge is -2.15. The average molecular weight is 244 g/mol. The Balaban J connectivity index is 1.99. The van der Waals surface area contributed by atoms with E-state index in [9.17, 15) is 13.2 Å². The molecule has 96 valence electrons. The van der Waals surface area contributed by atoms with Crippen molar-refractivity contribution in [1.29, 1.82) is 0 Å². The van der Waals surface area contributed by atoms with Crippen LogP contribution >= 0.6 is 0 Å². The predicted molar refractivity (Wildman–Crippen MR) is 48.1 cm³/mol. The zero-order valence-corrected chi connectivity index (χ0v) is 8.70. The number of hydrogen-bond donors (Lipinski definition) is 1. The van der Waals surface area contributed by atoms with Crippen LogP contribution in [0.4, 0.5) is 13.2 Å².